The van der Waals surface area contributed by atoms with Crippen molar-refractivity contribution in [3.05, 3.63) is 59.5 Å². The van der Waals surface area contributed by atoms with Crippen molar-refractivity contribution in [2.75, 3.05) is 6.54 Å². The molecule has 1 aromatic heterocycles. The van der Waals surface area contributed by atoms with Gasteiger partial charge in [0.2, 0.25) is 5.91 Å². The van der Waals surface area contributed by atoms with Gasteiger partial charge in [-0.3, -0.25) is 4.79 Å². The lowest BCUT2D eigenvalue weighted by Crippen LogP contribution is -2.31. The zero-order chi connectivity index (χ0) is 15.5. The second-order valence-electron chi connectivity index (χ2n) is 5.44. The molecule has 5 nitrogen and oxygen atoms in total. The number of carboxylic acids is 1. The summed E-state index contributed by atoms with van der Waals surface area (Å²) in [5.74, 6) is -0.0932. The average molecular weight is 299 g/mol. The van der Waals surface area contributed by atoms with Crippen molar-refractivity contribution in [3.63, 3.8) is 0 Å². The Morgan fingerprint density at radius 2 is 2.00 bits per heavy atom. The highest BCUT2D eigenvalue weighted by atomic mass is 16.4. The number of hydrogen-bond donors (Lipinski definition) is 1. The second-order valence-corrected chi connectivity index (χ2v) is 5.44. The van der Waals surface area contributed by atoms with Crippen LogP contribution in [0, 0.1) is 0 Å². The molecule has 2 aromatic rings. The minimum atomic E-state index is -0.963. The highest BCUT2D eigenvalue weighted by Crippen LogP contribution is 2.32. The van der Waals surface area contributed by atoms with Gasteiger partial charge >= 0.3 is 5.97 Å². The Bertz CT molecular complexity index is 660. The maximum absolute atomic E-state index is 12.5. The second kappa shape index (κ2) is 6.05. The number of carbonyl (C=O) groups excluding carboxylic acids is 1. The highest BCUT2D eigenvalue weighted by Gasteiger charge is 2.31. The van der Waals surface area contributed by atoms with Crippen LogP contribution in [0.25, 0.3) is 0 Å². The Labute approximate surface area is 128 Å². The number of nitrogens with zero attached hydrogens (tertiary/aromatic N) is 1. The summed E-state index contributed by atoms with van der Waals surface area (Å²) in [5.41, 5.74) is 1.05. The summed E-state index contributed by atoms with van der Waals surface area (Å²) in [6.45, 7) is 0.734. The molecule has 1 unspecified atom stereocenters. The third kappa shape index (κ3) is 2.88. The minimum absolute atomic E-state index is 0.0146. The summed E-state index contributed by atoms with van der Waals surface area (Å²) in [5, 5.41) is 8.88. The first-order chi connectivity index (χ1) is 10.6. The van der Waals surface area contributed by atoms with Crippen molar-refractivity contribution in [1.29, 1.82) is 0 Å². The van der Waals surface area contributed by atoms with E-state index in [9.17, 15) is 9.59 Å². The molecule has 1 aliphatic rings. The summed E-state index contributed by atoms with van der Waals surface area (Å²) in [7, 11) is 0. The monoisotopic (exact) mass is 299 g/mol. The Balaban J connectivity index is 1.69. The number of carboxylic acid groups (broad SMARTS) is 1. The SMILES string of the molecule is O=C(O)c1ccc(CC(=O)N2CCCC2c2ccco2)cc1. The van der Waals surface area contributed by atoms with E-state index in [1.54, 1.807) is 18.4 Å². The molecule has 1 atom stereocenters. The van der Waals surface area contributed by atoms with Crippen LogP contribution >= 0.6 is 0 Å². The van der Waals surface area contributed by atoms with Crippen molar-refractivity contribution < 1.29 is 19.1 Å². The van der Waals surface area contributed by atoms with Crippen LogP contribution < -0.4 is 0 Å². The number of amides is 1. The van der Waals surface area contributed by atoms with E-state index in [4.69, 9.17) is 9.52 Å². The molecule has 0 radical (unpaired) electrons. The molecule has 0 bridgehead atoms. The van der Waals surface area contributed by atoms with Crippen molar-refractivity contribution in [2.24, 2.45) is 0 Å². The lowest BCUT2D eigenvalue weighted by Gasteiger charge is -2.23. The topological polar surface area (TPSA) is 70.8 Å². The Morgan fingerprint density at radius 3 is 2.64 bits per heavy atom. The van der Waals surface area contributed by atoms with E-state index in [1.807, 2.05) is 17.0 Å². The molecule has 1 aliphatic heterocycles. The summed E-state index contributed by atoms with van der Waals surface area (Å²) in [4.78, 5) is 25.2. The van der Waals surface area contributed by atoms with Gasteiger partial charge in [-0.15, -0.1) is 0 Å². The van der Waals surface area contributed by atoms with Crippen LogP contribution in [0.2, 0.25) is 0 Å². The first-order valence-electron chi connectivity index (χ1n) is 7.30. The van der Waals surface area contributed by atoms with Gasteiger partial charge in [0, 0.05) is 6.54 Å². The first-order valence-corrected chi connectivity index (χ1v) is 7.30. The maximum atomic E-state index is 12.5. The summed E-state index contributed by atoms with van der Waals surface area (Å²) < 4.78 is 5.43. The molecule has 2 heterocycles. The van der Waals surface area contributed by atoms with Crippen molar-refractivity contribution in [3.8, 4) is 0 Å². The van der Waals surface area contributed by atoms with E-state index in [0.717, 1.165) is 30.7 Å². The Kier molecular flexibility index (Phi) is 3.96. The number of furan rings is 1. The Morgan fingerprint density at radius 1 is 1.23 bits per heavy atom. The average Bonchev–Trinajstić information content (AvgIpc) is 3.18. The van der Waals surface area contributed by atoms with Gasteiger partial charge in [0.1, 0.15) is 5.76 Å². The number of benzene rings is 1. The third-order valence-corrected chi connectivity index (χ3v) is 4.00. The van der Waals surface area contributed by atoms with E-state index in [1.165, 1.54) is 12.1 Å². The quantitative estimate of drug-likeness (QED) is 0.942. The molecule has 1 N–H and O–H groups in total. The van der Waals surface area contributed by atoms with Crippen LogP contribution in [0.1, 0.15) is 40.6 Å². The van der Waals surface area contributed by atoms with E-state index < -0.39 is 5.97 Å². The van der Waals surface area contributed by atoms with Gasteiger partial charge in [0.05, 0.1) is 24.3 Å². The van der Waals surface area contributed by atoms with Crippen LogP contribution in [0.3, 0.4) is 0 Å². The number of rotatable bonds is 4. The van der Waals surface area contributed by atoms with Crippen LogP contribution in [0.15, 0.2) is 47.1 Å². The standard InChI is InChI=1S/C17H17NO4/c19-16(11-12-5-7-13(8-6-12)17(20)21)18-9-1-3-14(18)15-4-2-10-22-15/h2,4-8,10,14H,1,3,9,11H2,(H,20,21). The number of likely N-dealkylation sites (tertiary alicyclic amines) is 1. The van der Waals surface area contributed by atoms with Crippen molar-refractivity contribution in [2.45, 2.75) is 25.3 Å². The van der Waals surface area contributed by atoms with Gasteiger partial charge in [-0.25, -0.2) is 4.79 Å². The van der Waals surface area contributed by atoms with Crippen LogP contribution in [-0.4, -0.2) is 28.4 Å². The van der Waals surface area contributed by atoms with Crippen LogP contribution in [0.4, 0.5) is 0 Å². The molecule has 1 saturated heterocycles. The smallest absolute Gasteiger partial charge is 0.335 e. The van der Waals surface area contributed by atoms with Gasteiger partial charge in [-0.2, -0.15) is 0 Å². The normalized spacial score (nSPS) is 17.6. The van der Waals surface area contributed by atoms with Crippen molar-refractivity contribution in [1.82, 2.24) is 4.90 Å². The summed E-state index contributed by atoms with van der Waals surface area (Å²) >= 11 is 0. The predicted octanol–water partition coefficient (Wildman–Crippen LogP) is 2.88. The van der Waals surface area contributed by atoms with Gasteiger partial charge < -0.3 is 14.4 Å². The molecule has 1 fully saturated rings. The molecular weight excluding hydrogens is 282 g/mol. The predicted molar refractivity (Wildman–Crippen MR) is 79.5 cm³/mol. The molecule has 0 spiro atoms. The van der Waals surface area contributed by atoms with Crippen LogP contribution in [-0.2, 0) is 11.2 Å². The lowest BCUT2D eigenvalue weighted by molar-refractivity contribution is -0.131. The molecule has 0 aliphatic carbocycles. The molecule has 5 heteroatoms. The van der Waals surface area contributed by atoms with E-state index in [-0.39, 0.29) is 23.9 Å². The van der Waals surface area contributed by atoms with E-state index in [2.05, 4.69) is 0 Å². The van der Waals surface area contributed by atoms with Gasteiger partial charge in [-0.1, -0.05) is 12.1 Å². The highest BCUT2D eigenvalue weighted by molar-refractivity contribution is 5.87. The number of carbonyl (C=O) groups is 2. The van der Waals surface area contributed by atoms with Crippen LogP contribution in [0.5, 0.6) is 0 Å². The maximum Gasteiger partial charge on any atom is 0.335 e. The van der Waals surface area contributed by atoms with Crippen molar-refractivity contribution >= 4 is 11.9 Å². The third-order valence-electron chi connectivity index (χ3n) is 4.00. The first kappa shape index (κ1) is 14.4. The fourth-order valence-electron chi connectivity index (χ4n) is 2.88. The summed E-state index contributed by atoms with van der Waals surface area (Å²) in [6, 6.07) is 10.2. The lowest BCUT2D eigenvalue weighted by atomic mass is 10.1. The molecular formula is C17H17NO4. The van der Waals surface area contributed by atoms with Gasteiger partial charge in [0.25, 0.3) is 0 Å². The molecule has 1 amide bonds. The zero-order valence-corrected chi connectivity index (χ0v) is 12.1. The van der Waals surface area contributed by atoms with E-state index >= 15 is 0 Å². The number of hydrogen-bond acceptors (Lipinski definition) is 3. The molecule has 114 valence electrons. The molecule has 1 aromatic carbocycles. The largest absolute Gasteiger partial charge is 0.478 e. The summed E-state index contributed by atoms with van der Waals surface area (Å²) in [6.07, 6.45) is 3.78. The molecule has 22 heavy (non-hydrogen) atoms. The molecule has 0 saturated carbocycles. The Hall–Kier alpha value is -2.56. The van der Waals surface area contributed by atoms with Gasteiger partial charge in [0.15, 0.2) is 0 Å². The van der Waals surface area contributed by atoms with Gasteiger partial charge in [-0.05, 0) is 42.7 Å². The fraction of sp³-hybridized carbons (Fsp3) is 0.294. The minimum Gasteiger partial charge on any atom is -0.478 e. The number of aromatic carboxylic acids is 1. The zero-order valence-electron chi connectivity index (χ0n) is 12.1. The fourth-order valence-corrected chi connectivity index (χ4v) is 2.88. The molecule has 3 rings (SSSR count). The van der Waals surface area contributed by atoms with E-state index in [0.29, 0.717) is 0 Å².